The molecule has 0 aliphatic heterocycles. The van der Waals surface area contributed by atoms with Gasteiger partial charge in [0.05, 0.1) is 17.5 Å². The van der Waals surface area contributed by atoms with E-state index >= 15 is 0 Å². The van der Waals surface area contributed by atoms with Crippen molar-refractivity contribution < 1.29 is 9.32 Å². The normalized spacial score (nSPS) is 34.3. The van der Waals surface area contributed by atoms with Crippen LogP contribution in [0.4, 0.5) is 0 Å². The van der Waals surface area contributed by atoms with Gasteiger partial charge in [0.1, 0.15) is 12.7 Å². The molecule has 4 aliphatic rings. The molecule has 2 heterocycles. The number of nitrogens with one attached hydrogen (secondary N) is 1. The number of aromatic nitrogens is 5. The molecule has 4 fully saturated rings. The Balaban J connectivity index is 1.35. The summed E-state index contributed by atoms with van der Waals surface area (Å²) in [6.07, 6.45) is 9.72. The van der Waals surface area contributed by atoms with Crippen molar-refractivity contribution >= 4 is 5.91 Å². The van der Waals surface area contributed by atoms with Gasteiger partial charge in [-0.25, -0.2) is 9.67 Å². The van der Waals surface area contributed by atoms with Crippen molar-refractivity contribution in [3.8, 4) is 0 Å². The van der Waals surface area contributed by atoms with Crippen LogP contribution < -0.4 is 5.32 Å². The first kappa shape index (κ1) is 16.9. The Morgan fingerprint density at radius 3 is 2.74 bits per heavy atom. The second-order valence-corrected chi connectivity index (χ2v) is 9.19. The first-order chi connectivity index (χ1) is 13.0. The maximum atomic E-state index is 13.3. The van der Waals surface area contributed by atoms with Crippen molar-refractivity contribution in [3.63, 3.8) is 0 Å². The van der Waals surface area contributed by atoms with Crippen LogP contribution in [-0.4, -0.2) is 30.8 Å². The van der Waals surface area contributed by atoms with Crippen molar-refractivity contribution in [3.05, 3.63) is 24.4 Å². The van der Waals surface area contributed by atoms with E-state index in [1.165, 1.54) is 6.42 Å². The molecule has 2 aromatic rings. The summed E-state index contributed by atoms with van der Waals surface area (Å²) in [7, 11) is 0. The molecule has 4 saturated carbocycles. The second-order valence-electron chi connectivity index (χ2n) is 9.19. The van der Waals surface area contributed by atoms with Gasteiger partial charge in [-0.3, -0.25) is 4.79 Å². The van der Waals surface area contributed by atoms with Gasteiger partial charge in [0.2, 0.25) is 11.8 Å². The second kappa shape index (κ2) is 5.87. The third kappa shape index (κ3) is 2.68. The summed E-state index contributed by atoms with van der Waals surface area (Å²) in [6, 6.07) is 0. The molecule has 8 nitrogen and oxygen atoms in total. The van der Waals surface area contributed by atoms with Crippen LogP contribution in [0.2, 0.25) is 0 Å². The lowest BCUT2D eigenvalue weighted by molar-refractivity contribution is -0.156. The summed E-state index contributed by atoms with van der Waals surface area (Å²) in [6.45, 7) is 4.34. The Bertz CT molecular complexity index is 828. The van der Waals surface area contributed by atoms with E-state index in [4.69, 9.17) is 4.52 Å². The molecule has 1 N–H and O–H groups in total. The summed E-state index contributed by atoms with van der Waals surface area (Å²) < 4.78 is 7.27. The van der Waals surface area contributed by atoms with Crippen molar-refractivity contribution in [2.45, 2.75) is 70.4 Å². The lowest BCUT2D eigenvalue weighted by Crippen LogP contribution is -2.61. The predicted octanol–water partition coefficient (Wildman–Crippen LogP) is 2.40. The minimum atomic E-state index is -0.305. The number of hydrogen-bond donors (Lipinski definition) is 1. The Morgan fingerprint density at radius 1 is 1.33 bits per heavy atom. The molecule has 0 spiro atoms. The van der Waals surface area contributed by atoms with E-state index in [2.05, 4.69) is 25.5 Å². The topological polar surface area (TPSA) is 98.7 Å². The molecule has 6 rings (SSSR count). The first-order valence-corrected chi connectivity index (χ1v) is 9.94. The van der Waals surface area contributed by atoms with Gasteiger partial charge in [0, 0.05) is 5.92 Å². The van der Waals surface area contributed by atoms with Crippen molar-refractivity contribution in [2.24, 2.45) is 17.3 Å². The van der Waals surface area contributed by atoms with Gasteiger partial charge in [-0.1, -0.05) is 19.0 Å². The highest BCUT2D eigenvalue weighted by Gasteiger charge is 2.61. The minimum Gasteiger partial charge on any atom is -0.348 e. The van der Waals surface area contributed by atoms with E-state index in [9.17, 15) is 4.79 Å². The Kier molecular flexibility index (Phi) is 3.67. The minimum absolute atomic E-state index is 0.0468. The first-order valence-electron chi connectivity index (χ1n) is 9.94. The van der Waals surface area contributed by atoms with E-state index in [0.717, 1.165) is 32.1 Å². The van der Waals surface area contributed by atoms with Gasteiger partial charge in [-0.2, -0.15) is 10.1 Å². The molecule has 4 bridgehead atoms. The SMILES string of the molecule is CC(C)c1nc(CNC(=O)C23CC4CC(C2)CC(n2cncn2)(C4)C3)no1. The van der Waals surface area contributed by atoms with Gasteiger partial charge in [-0.15, -0.1) is 0 Å². The molecule has 4 aliphatic carbocycles. The highest BCUT2D eigenvalue weighted by Crippen LogP contribution is 2.64. The maximum Gasteiger partial charge on any atom is 0.229 e. The quantitative estimate of drug-likeness (QED) is 0.868. The molecule has 0 saturated heterocycles. The number of nitrogens with zero attached hydrogens (tertiary/aromatic N) is 5. The lowest BCUT2D eigenvalue weighted by atomic mass is 9.46. The number of hydrogen-bond acceptors (Lipinski definition) is 6. The fraction of sp³-hybridized carbons (Fsp3) is 0.737. The fourth-order valence-corrected chi connectivity index (χ4v) is 6.12. The molecule has 2 unspecified atom stereocenters. The summed E-state index contributed by atoms with van der Waals surface area (Å²) in [5.74, 6) is 2.67. The highest BCUT2D eigenvalue weighted by molar-refractivity contribution is 5.83. The van der Waals surface area contributed by atoms with Crippen LogP contribution in [0, 0.1) is 17.3 Å². The highest BCUT2D eigenvalue weighted by atomic mass is 16.5. The van der Waals surface area contributed by atoms with Gasteiger partial charge in [-0.05, 0) is 50.4 Å². The molecule has 27 heavy (non-hydrogen) atoms. The third-order valence-electron chi connectivity index (χ3n) is 6.80. The molecule has 0 radical (unpaired) electrons. The zero-order valence-corrected chi connectivity index (χ0v) is 15.9. The monoisotopic (exact) mass is 370 g/mol. The largest absolute Gasteiger partial charge is 0.348 e. The Labute approximate surface area is 158 Å². The summed E-state index contributed by atoms with van der Waals surface area (Å²) in [5.41, 5.74) is -0.352. The van der Waals surface area contributed by atoms with Crippen LogP contribution in [-0.2, 0) is 16.9 Å². The molecule has 0 aromatic carbocycles. The van der Waals surface area contributed by atoms with E-state index in [1.807, 2.05) is 24.9 Å². The van der Waals surface area contributed by atoms with Gasteiger partial charge < -0.3 is 9.84 Å². The van der Waals surface area contributed by atoms with Crippen molar-refractivity contribution in [2.75, 3.05) is 0 Å². The van der Waals surface area contributed by atoms with Crippen molar-refractivity contribution in [1.82, 2.24) is 30.2 Å². The van der Waals surface area contributed by atoms with Gasteiger partial charge in [0.15, 0.2) is 5.82 Å². The van der Waals surface area contributed by atoms with Crippen LogP contribution in [0.3, 0.4) is 0 Å². The number of rotatable bonds is 5. The molecule has 8 heteroatoms. The average molecular weight is 370 g/mol. The standard InChI is InChI=1S/C19H26N6O2/c1-12(2)16-23-15(24-27-16)8-21-17(26)18-4-13-3-14(5-18)7-19(6-13,9-18)25-11-20-10-22-25/h10-14H,3-9H2,1-2H3,(H,21,26). The molecule has 1 amide bonds. The number of carbonyl (C=O) groups excluding carboxylic acids is 1. The molecule has 2 atom stereocenters. The fourth-order valence-electron chi connectivity index (χ4n) is 6.12. The van der Waals surface area contributed by atoms with E-state index in [0.29, 0.717) is 30.1 Å². The summed E-state index contributed by atoms with van der Waals surface area (Å²) in [5, 5.41) is 11.5. The van der Waals surface area contributed by atoms with Gasteiger partial charge >= 0.3 is 0 Å². The number of carbonyl (C=O) groups is 1. The van der Waals surface area contributed by atoms with E-state index < -0.39 is 0 Å². The van der Waals surface area contributed by atoms with Crippen LogP contribution in [0.5, 0.6) is 0 Å². The predicted molar refractivity (Wildman–Crippen MR) is 95.3 cm³/mol. The smallest absolute Gasteiger partial charge is 0.229 e. The summed E-state index contributed by atoms with van der Waals surface area (Å²) in [4.78, 5) is 21.8. The Hall–Kier alpha value is -2.25. The number of amides is 1. The Morgan fingerprint density at radius 2 is 2.11 bits per heavy atom. The molecule has 144 valence electrons. The lowest BCUT2D eigenvalue weighted by Gasteiger charge is -2.60. The summed E-state index contributed by atoms with van der Waals surface area (Å²) >= 11 is 0. The zero-order valence-electron chi connectivity index (χ0n) is 15.9. The maximum absolute atomic E-state index is 13.3. The molecular formula is C19H26N6O2. The molecular weight excluding hydrogens is 344 g/mol. The van der Waals surface area contributed by atoms with Crippen LogP contribution in [0.25, 0.3) is 0 Å². The van der Waals surface area contributed by atoms with Gasteiger partial charge in [0.25, 0.3) is 0 Å². The van der Waals surface area contributed by atoms with Crippen LogP contribution in [0.1, 0.15) is 70.0 Å². The van der Waals surface area contributed by atoms with Crippen LogP contribution in [0.15, 0.2) is 17.2 Å². The van der Waals surface area contributed by atoms with E-state index in [1.54, 1.807) is 6.33 Å². The molecule has 2 aromatic heterocycles. The van der Waals surface area contributed by atoms with E-state index in [-0.39, 0.29) is 22.8 Å². The third-order valence-corrected chi connectivity index (χ3v) is 6.80. The zero-order chi connectivity index (χ0) is 18.6. The average Bonchev–Trinajstić information content (AvgIpc) is 3.30. The van der Waals surface area contributed by atoms with Crippen LogP contribution >= 0.6 is 0 Å². The van der Waals surface area contributed by atoms with Crippen molar-refractivity contribution in [1.29, 1.82) is 0 Å².